The van der Waals surface area contributed by atoms with Gasteiger partial charge in [0.2, 0.25) is 0 Å². The van der Waals surface area contributed by atoms with E-state index in [0.29, 0.717) is 13.0 Å². The van der Waals surface area contributed by atoms with Crippen molar-refractivity contribution in [3.63, 3.8) is 0 Å². The van der Waals surface area contributed by atoms with Crippen LogP contribution in [0.5, 0.6) is 5.75 Å². The fourth-order valence-electron chi connectivity index (χ4n) is 3.61. The standard InChI is InChI=1S/C20H24N2O3/c1-2-25-18-11-4-3-9-16(18)19(15-8-7-12-21-14-15)22-13-6-5-10-17(22)20(23)24/h3-4,7-9,11-12,14,17,19H,2,5-6,10,13H2,1H3,(H,23,24). The van der Waals surface area contributed by atoms with Gasteiger partial charge in [-0.3, -0.25) is 14.7 Å². The molecule has 0 bridgehead atoms. The van der Waals surface area contributed by atoms with E-state index in [2.05, 4.69) is 9.88 Å². The second-order valence-electron chi connectivity index (χ2n) is 6.25. The molecule has 2 unspecified atom stereocenters. The van der Waals surface area contributed by atoms with Crippen LogP contribution >= 0.6 is 0 Å². The van der Waals surface area contributed by atoms with Crippen molar-refractivity contribution in [1.29, 1.82) is 0 Å². The minimum atomic E-state index is -0.762. The number of likely N-dealkylation sites (tertiary alicyclic amines) is 1. The first-order valence-electron chi connectivity index (χ1n) is 8.82. The van der Waals surface area contributed by atoms with E-state index in [4.69, 9.17) is 4.74 Å². The molecule has 5 heteroatoms. The quantitative estimate of drug-likeness (QED) is 0.872. The van der Waals surface area contributed by atoms with Crippen LogP contribution in [0.2, 0.25) is 0 Å². The molecule has 0 aliphatic carbocycles. The summed E-state index contributed by atoms with van der Waals surface area (Å²) in [6.45, 7) is 3.27. The molecule has 1 N–H and O–H groups in total. The molecule has 132 valence electrons. The van der Waals surface area contributed by atoms with Gasteiger partial charge in [0, 0.05) is 18.0 Å². The van der Waals surface area contributed by atoms with E-state index in [0.717, 1.165) is 36.3 Å². The van der Waals surface area contributed by atoms with Gasteiger partial charge in [0.15, 0.2) is 0 Å². The molecule has 0 spiro atoms. The van der Waals surface area contributed by atoms with Gasteiger partial charge in [-0.15, -0.1) is 0 Å². The Morgan fingerprint density at radius 3 is 2.88 bits per heavy atom. The summed E-state index contributed by atoms with van der Waals surface area (Å²) in [6, 6.07) is 11.1. The van der Waals surface area contributed by atoms with Gasteiger partial charge in [-0.1, -0.05) is 30.7 Å². The third-order valence-electron chi connectivity index (χ3n) is 4.67. The largest absolute Gasteiger partial charge is 0.494 e. The van der Waals surface area contributed by atoms with Gasteiger partial charge in [0.1, 0.15) is 11.8 Å². The van der Waals surface area contributed by atoms with Gasteiger partial charge in [-0.05, 0) is 44.0 Å². The number of nitrogens with zero attached hydrogens (tertiary/aromatic N) is 2. The van der Waals surface area contributed by atoms with E-state index in [1.165, 1.54) is 0 Å². The normalized spacial score (nSPS) is 19.3. The molecule has 1 saturated heterocycles. The van der Waals surface area contributed by atoms with Crippen molar-refractivity contribution < 1.29 is 14.6 Å². The van der Waals surface area contributed by atoms with Gasteiger partial charge < -0.3 is 9.84 Å². The molecule has 2 heterocycles. The van der Waals surface area contributed by atoms with E-state index < -0.39 is 12.0 Å². The predicted octanol–water partition coefficient (Wildman–Crippen LogP) is 3.51. The number of aromatic nitrogens is 1. The molecule has 0 saturated carbocycles. The molecule has 1 fully saturated rings. The second kappa shape index (κ2) is 8.12. The van der Waals surface area contributed by atoms with Crippen LogP contribution < -0.4 is 4.74 Å². The van der Waals surface area contributed by atoms with Crippen molar-refractivity contribution in [3.05, 3.63) is 59.9 Å². The predicted molar refractivity (Wildman–Crippen MR) is 95.7 cm³/mol. The minimum Gasteiger partial charge on any atom is -0.494 e. The van der Waals surface area contributed by atoms with E-state index in [-0.39, 0.29) is 6.04 Å². The van der Waals surface area contributed by atoms with Gasteiger partial charge in [-0.25, -0.2) is 0 Å². The second-order valence-corrected chi connectivity index (χ2v) is 6.25. The number of carbonyl (C=O) groups is 1. The zero-order valence-corrected chi connectivity index (χ0v) is 14.5. The number of carboxylic acids is 1. The van der Waals surface area contributed by atoms with Gasteiger partial charge in [0.25, 0.3) is 0 Å². The first kappa shape index (κ1) is 17.4. The zero-order valence-electron chi connectivity index (χ0n) is 14.5. The van der Waals surface area contributed by atoms with Crippen molar-refractivity contribution in [3.8, 4) is 5.75 Å². The van der Waals surface area contributed by atoms with Crippen molar-refractivity contribution in [2.45, 2.75) is 38.3 Å². The number of carboxylic acid groups (broad SMARTS) is 1. The SMILES string of the molecule is CCOc1ccccc1C(c1cccnc1)N1CCCCC1C(=O)O. The number of para-hydroxylation sites is 1. The molecule has 0 amide bonds. The number of ether oxygens (including phenoxy) is 1. The van der Waals surface area contributed by atoms with Gasteiger partial charge >= 0.3 is 5.97 Å². The van der Waals surface area contributed by atoms with Crippen LogP contribution in [0, 0.1) is 0 Å². The van der Waals surface area contributed by atoms with Crippen LogP contribution in [-0.2, 0) is 4.79 Å². The summed E-state index contributed by atoms with van der Waals surface area (Å²) >= 11 is 0. The third-order valence-corrected chi connectivity index (χ3v) is 4.67. The highest BCUT2D eigenvalue weighted by atomic mass is 16.5. The highest BCUT2D eigenvalue weighted by molar-refractivity contribution is 5.73. The number of pyridine rings is 1. The maximum absolute atomic E-state index is 11.9. The smallest absolute Gasteiger partial charge is 0.320 e. The monoisotopic (exact) mass is 340 g/mol. The molecule has 1 aromatic heterocycles. The minimum absolute atomic E-state index is 0.183. The fraction of sp³-hybridized carbons (Fsp3) is 0.400. The van der Waals surface area contributed by atoms with Crippen molar-refractivity contribution in [2.24, 2.45) is 0 Å². The van der Waals surface area contributed by atoms with Crippen molar-refractivity contribution >= 4 is 5.97 Å². The molecular weight excluding hydrogens is 316 g/mol. The summed E-state index contributed by atoms with van der Waals surface area (Å²) in [4.78, 5) is 18.2. The molecule has 5 nitrogen and oxygen atoms in total. The summed E-state index contributed by atoms with van der Waals surface area (Å²) in [5.41, 5.74) is 1.98. The average molecular weight is 340 g/mol. The Kier molecular flexibility index (Phi) is 5.66. The Hall–Kier alpha value is -2.40. The Labute approximate surface area is 148 Å². The number of hydrogen-bond acceptors (Lipinski definition) is 4. The maximum Gasteiger partial charge on any atom is 0.320 e. The maximum atomic E-state index is 11.9. The zero-order chi connectivity index (χ0) is 17.6. The number of rotatable bonds is 6. The lowest BCUT2D eigenvalue weighted by Gasteiger charge is -2.39. The Morgan fingerprint density at radius 2 is 2.16 bits per heavy atom. The molecule has 3 rings (SSSR count). The van der Waals surface area contributed by atoms with E-state index in [1.54, 1.807) is 6.20 Å². The molecule has 25 heavy (non-hydrogen) atoms. The molecule has 2 aromatic rings. The fourth-order valence-corrected chi connectivity index (χ4v) is 3.61. The third kappa shape index (κ3) is 3.82. The van der Waals surface area contributed by atoms with Crippen LogP contribution in [0.3, 0.4) is 0 Å². The van der Waals surface area contributed by atoms with E-state index >= 15 is 0 Å². The van der Waals surface area contributed by atoms with Gasteiger partial charge in [0.05, 0.1) is 12.6 Å². The highest BCUT2D eigenvalue weighted by Gasteiger charge is 2.36. The lowest BCUT2D eigenvalue weighted by atomic mass is 9.92. The summed E-state index contributed by atoms with van der Waals surface area (Å²) in [6.07, 6.45) is 6.17. The molecule has 1 aromatic carbocycles. The lowest BCUT2D eigenvalue weighted by Crippen LogP contribution is -2.47. The van der Waals surface area contributed by atoms with Crippen molar-refractivity contribution in [1.82, 2.24) is 9.88 Å². The number of hydrogen-bond donors (Lipinski definition) is 1. The molecule has 1 aliphatic heterocycles. The first-order chi connectivity index (χ1) is 12.2. The molecule has 0 radical (unpaired) electrons. The molecular formula is C20H24N2O3. The summed E-state index contributed by atoms with van der Waals surface area (Å²) in [5, 5.41) is 9.74. The van der Waals surface area contributed by atoms with E-state index in [1.807, 2.05) is 49.5 Å². The Bertz CT molecular complexity index is 705. The van der Waals surface area contributed by atoms with Crippen molar-refractivity contribution in [2.75, 3.05) is 13.2 Å². The van der Waals surface area contributed by atoms with E-state index in [9.17, 15) is 9.90 Å². The summed E-state index contributed by atoms with van der Waals surface area (Å²) < 4.78 is 5.83. The van der Waals surface area contributed by atoms with Crippen LogP contribution in [0.4, 0.5) is 0 Å². The van der Waals surface area contributed by atoms with Crippen LogP contribution in [0.1, 0.15) is 43.4 Å². The Morgan fingerprint density at radius 1 is 1.32 bits per heavy atom. The van der Waals surface area contributed by atoms with Crippen LogP contribution in [-0.4, -0.2) is 40.2 Å². The van der Waals surface area contributed by atoms with Crippen LogP contribution in [0.25, 0.3) is 0 Å². The molecule has 1 aliphatic rings. The topological polar surface area (TPSA) is 62.7 Å². The highest BCUT2D eigenvalue weighted by Crippen LogP contribution is 2.38. The Balaban J connectivity index is 2.09. The lowest BCUT2D eigenvalue weighted by molar-refractivity contribution is -0.145. The number of benzene rings is 1. The molecule has 2 atom stereocenters. The van der Waals surface area contributed by atoms with Crippen LogP contribution in [0.15, 0.2) is 48.8 Å². The summed E-state index contributed by atoms with van der Waals surface area (Å²) in [5.74, 6) is 0.0380. The average Bonchev–Trinajstić information content (AvgIpc) is 2.65. The number of piperidine rings is 1. The number of aliphatic carboxylic acids is 1. The van der Waals surface area contributed by atoms with Gasteiger partial charge in [-0.2, -0.15) is 0 Å². The first-order valence-corrected chi connectivity index (χ1v) is 8.82. The summed E-state index contributed by atoms with van der Waals surface area (Å²) in [7, 11) is 0.